The van der Waals surface area contributed by atoms with Gasteiger partial charge in [-0.05, 0) is 179 Å². The second-order valence-electron chi connectivity index (χ2n) is 35.8. The molecule has 2 saturated heterocycles. The number of thioether (sulfide) groups is 1. The van der Waals surface area contributed by atoms with E-state index in [0.717, 1.165) is 43.2 Å². The van der Waals surface area contributed by atoms with E-state index < -0.39 is 144 Å². The quantitative estimate of drug-likeness (QED) is 0.00571. The van der Waals surface area contributed by atoms with Crippen LogP contribution >= 0.6 is 11.8 Å². The molecule has 8 N–H and O–H groups in total. The molecule has 22 atom stereocenters. The van der Waals surface area contributed by atoms with E-state index >= 15 is 0 Å². The van der Waals surface area contributed by atoms with Crippen LogP contribution in [0.15, 0.2) is 82.5 Å². The standard InChI is InChI=1S/C95H153F3N10O22S/c1-61-35-36-62(2)77(122-17)43-37-63(3)87(114)67(7)79(130-92(118)76(57-120-15)108(13)14)30-19-18-20-34-84(112)128-78(31-25-28-73(56-61)121-16)66(6)86(113)64(4)38-44-80(129-91(117)69(9)107(11)12)68(8)88(127-70(10)109)65(5)45-49-103-126-58-83(111)100-46-24-23-29-74(104-89(115)71-39-41-72(42-40-71)94(60-102-94)95(96,97)98)90(116)101-48-27-51-124-53-55-125-54-52-123-50-26-47-99-82(110)33-22-21-32-81-85-75(59-131-81)105-93(119)106-85/h18-20,25,28,34,36,39-42,49,60-61,63-69,73-81,85-88,113-114H,21-24,26-27,29-33,35,37-38,43-48,50-59H2,1-17H3,(H,99,110)(H,100,111)(H,101,116)(H,104,115)(H2,105,106,119)/b19-18+,28-25+,34-20+,62-36+,103-49+/t61-,63-,64+,65-,66-,67-,68+,69?,73+,74+,75+,76+,77+,78+,79?,80-,81+,85+,86+,87-,88-,94?/m1/s1. The Morgan fingerprint density at radius 2 is 1.43 bits per heavy atom. The lowest BCUT2D eigenvalue weighted by Crippen LogP contribution is -2.47. The van der Waals surface area contributed by atoms with Crippen molar-refractivity contribution in [3.8, 4) is 0 Å². The largest absolute Gasteiger partial charge is 0.462 e. The van der Waals surface area contributed by atoms with Gasteiger partial charge in [0.2, 0.25) is 17.4 Å². The molecule has 4 aliphatic heterocycles. The summed E-state index contributed by atoms with van der Waals surface area (Å²) in [5.41, 5.74) is -1.50. The highest BCUT2D eigenvalue weighted by Crippen LogP contribution is 2.48. The summed E-state index contributed by atoms with van der Waals surface area (Å²) < 4.78 is 100. The van der Waals surface area contributed by atoms with E-state index in [1.54, 1.807) is 71.3 Å². The minimum atomic E-state index is -4.66. The number of allylic oxidation sites excluding steroid dienone is 3. The first-order valence-corrected chi connectivity index (χ1v) is 47.5. The number of cyclic esters (lactones) is 1. The lowest BCUT2D eigenvalue weighted by atomic mass is 9.82. The molecule has 6 amide bonds. The van der Waals surface area contributed by atoms with Crippen LogP contribution in [0.5, 0.6) is 0 Å². The Balaban J connectivity index is 1.13. The van der Waals surface area contributed by atoms with Crippen LogP contribution in [0, 0.1) is 41.4 Å². The van der Waals surface area contributed by atoms with Gasteiger partial charge in [-0.2, -0.15) is 24.9 Å². The van der Waals surface area contributed by atoms with Gasteiger partial charge in [0.1, 0.15) is 42.5 Å². The van der Waals surface area contributed by atoms with Gasteiger partial charge in [0.15, 0.2) is 6.61 Å². The van der Waals surface area contributed by atoms with E-state index in [1.165, 1.54) is 56.7 Å². The average molecular weight is 1880 g/mol. The van der Waals surface area contributed by atoms with Crippen LogP contribution in [0.3, 0.4) is 0 Å². The number of aliphatic imine (C=N–C) groups is 1. The second kappa shape index (κ2) is 60.4. The molecule has 0 bridgehead atoms. The third kappa shape index (κ3) is 40.7. The number of esters is 4. The molecule has 32 nitrogen and oxygen atoms in total. The number of nitrogens with zero attached hydrogens (tertiary/aromatic N) is 4. The zero-order valence-electron chi connectivity index (χ0n) is 80.2. The minimum Gasteiger partial charge on any atom is -0.462 e. The number of unbranched alkanes of at least 4 members (excludes halogenated alkanes) is 2. The van der Waals surface area contributed by atoms with E-state index in [2.05, 4.69) is 55.0 Å². The van der Waals surface area contributed by atoms with Crippen molar-refractivity contribution in [1.29, 1.82) is 0 Å². The Hall–Kier alpha value is -7.91. The van der Waals surface area contributed by atoms with Crippen LogP contribution in [0.2, 0.25) is 0 Å². The molecule has 0 radical (unpaired) electrons. The zero-order chi connectivity index (χ0) is 96.8. The Morgan fingerprint density at radius 1 is 0.763 bits per heavy atom. The molecule has 4 aliphatic rings. The first kappa shape index (κ1) is 114. The number of oxime groups is 1. The molecule has 0 aliphatic carbocycles. The zero-order valence-corrected chi connectivity index (χ0v) is 81.0. The van der Waals surface area contributed by atoms with Gasteiger partial charge >= 0.3 is 36.1 Å². The summed E-state index contributed by atoms with van der Waals surface area (Å²) in [6.07, 6.45) is 13.0. The van der Waals surface area contributed by atoms with Crippen LogP contribution in [0.1, 0.15) is 201 Å². The summed E-state index contributed by atoms with van der Waals surface area (Å²) in [5.74, 6) is -5.79. The molecule has 0 saturated carbocycles. The van der Waals surface area contributed by atoms with Crippen molar-refractivity contribution >= 4 is 77.7 Å². The number of amides is 6. The van der Waals surface area contributed by atoms with E-state index in [9.17, 15) is 66.5 Å². The predicted molar refractivity (Wildman–Crippen MR) is 495 cm³/mol. The maximum atomic E-state index is 13.9. The van der Waals surface area contributed by atoms with Gasteiger partial charge in [-0.1, -0.05) is 109 Å². The lowest BCUT2D eigenvalue weighted by Gasteiger charge is -2.35. The molecule has 3 unspecified atom stereocenters. The highest BCUT2D eigenvalue weighted by Gasteiger charge is 2.62. The SMILES string of the molecule is COC[C@@H](C(=O)OC1C/C=C/C=C/C(=O)O[C@H]([C@@H](C)[C@@H](O)[C@@H](C)CC[C@@H](OC(=O)C(C)N(C)C)[C@H](C)[C@H](OC(C)=O)[C@H](C)C/C=N/OCC(=O)NCCCC[C@H](NC(=O)c2ccc(C3(C(F)(F)F)C=N3)cc2)C(=O)NCCCOCCOCCOCCCNC(=O)CCCC[C@@H]2SC[C@@H]3NC(=O)N[C@@H]32)C/C=C/[C@H](OC)C[C@H](C)C/C=C(\C)[C@@H](OC)CC[C@@H](C)[C@@H](O)[C@@H]1C)N(C)C. The summed E-state index contributed by atoms with van der Waals surface area (Å²) in [6, 6.07) is 2.63. The normalized spacial score (nSPS) is 25.8. The van der Waals surface area contributed by atoms with Crippen molar-refractivity contribution in [2.24, 2.45) is 51.6 Å². The third-order valence-electron chi connectivity index (χ3n) is 24.9. The summed E-state index contributed by atoms with van der Waals surface area (Å²) in [6.45, 7) is 20.8. The molecular formula is C95H153F3N10O22S. The molecular weight excluding hydrogens is 1720 g/mol. The smallest absolute Gasteiger partial charge is 0.422 e. The van der Waals surface area contributed by atoms with E-state index in [1.807, 2.05) is 72.4 Å². The number of aliphatic hydroxyl groups is 2. The molecule has 1 aromatic rings. The number of urea groups is 1. The Bertz CT molecular complexity index is 3800. The second-order valence-corrected chi connectivity index (χ2v) is 37.0. The molecule has 4 heterocycles. The maximum Gasteiger partial charge on any atom is 0.422 e. The van der Waals surface area contributed by atoms with Crippen LogP contribution < -0.4 is 31.9 Å². The number of halogens is 3. The monoisotopic (exact) mass is 1880 g/mol. The number of ether oxygens (including phenoxy) is 10. The molecule has 5 rings (SSSR count). The van der Waals surface area contributed by atoms with E-state index in [-0.39, 0.29) is 124 Å². The fraction of sp³-hybridized carbons (Fsp3) is 0.737. The van der Waals surface area contributed by atoms with Crippen LogP contribution in [-0.4, -0.2) is 304 Å². The number of rotatable bonds is 53. The number of benzene rings is 1. The summed E-state index contributed by atoms with van der Waals surface area (Å²) >= 11 is 1.86. The van der Waals surface area contributed by atoms with E-state index in [0.29, 0.717) is 96.0 Å². The van der Waals surface area contributed by atoms with Crippen molar-refractivity contribution in [1.82, 2.24) is 41.7 Å². The number of alkyl halides is 3. The first-order valence-electron chi connectivity index (χ1n) is 46.5. The summed E-state index contributed by atoms with van der Waals surface area (Å²) in [5, 5.41) is 45.7. The van der Waals surface area contributed by atoms with Crippen molar-refractivity contribution in [3.63, 3.8) is 0 Å². The molecule has 1 aromatic carbocycles. The predicted octanol–water partition coefficient (Wildman–Crippen LogP) is 10.2. The number of likely N-dealkylation sites (N-methyl/N-ethyl adjacent to an activating group) is 2. The number of fused-ring (bicyclic) bond motifs is 1. The highest BCUT2D eigenvalue weighted by atomic mass is 32.2. The van der Waals surface area contributed by atoms with Gasteiger partial charge in [-0.25, -0.2) is 9.59 Å². The minimum absolute atomic E-state index is 0.00438. The molecule has 742 valence electrons. The Morgan fingerprint density at radius 3 is 2.06 bits per heavy atom. The lowest BCUT2D eigenvalue weighted by molar-refractivity contribution is -0.167. The topological polar surface area (TPSA) is 399 Å². The van der Waals surface area contributed by atoms with E-state index in [4.69, 9.17) is 52.2 Å². The fourth-order valence-electron chi connectivity index (χ4n) is 16.0. The highest BCUT2D eigenvalue weighted by molar-refractivity contribution is 8.00. The summed E-state index contributed by atoms with van der Waals surface area (Å²) in [7, 11) is 11.8. The van der Waals surface area contributed by atoms with Gasteiger partial charge in [0, 0.05) is 133 Å². The molecule has 2 fully saturated rings. The van der Waals surface area contributed by atoms with Gasteiger partial charge in [-0.15, -0.1) is 0 Å². The van der Waals surface area contributed by atoms with Crippen LogP contribution in [-0.2, 0) is 91.3 Å². The van der Waals surface area contributed by atoms with Crippen LogP contribution in [0.25, 0.3) is 0 Å². The fourth-order valence-corrected chi connectivity index (χ4v) is 17.5. The van der Waals surface area contributed by atoms with Gasteiger partial charge in [0.05, 0.1) is 69.5 Å². The Kier molecular flexibility index (Phi) is 52.4. The third-order valence-corrected chi connectivity index (χ3v) is 26.4. The van der Waals surface area contributed by atoms with Gasteiger partial charge in [-0.3, -0.25) is 48.4 Å². The molecule has 131 heavy (non-hydrogen) atoms. The number of carbonyl (C=O) groups is 9. The number of hydrogen-bond donors (Lipinski definition) is 8. The van der Waals surface area contributed by atoms with Gasteiger partial charge < -0.3 is 94.3 Å². The maximum absolute atomic E-state index is 13.9. The van der Waals surface area contributed by atoms with Crippen molar-refractivity contribution in [2.75, 3.05) is 128 Å². The first-order chi connectivity index (χ1) is 62.4. The van der Waals surface area contributed by atoms with Crippen LogP contribution in [0.4, 0.5) is 18.0 Å². The average Bonchev–Trinajstić information content (AvgIpc) is 1.58. The van der Waals surface area contributed by atoms with Crippen molar-refractivity contribution in [2.45, 2.75) is 281 Å². The van der Waals surface area contributed by atoms with Crippen molar-refractivity contribution in [3.05, 3.63) is 83.5 Å². The van der Waals surface area contributed by atoms with Crippen molar-refractivity contribution < 1.29 is 119 Å². The number of methoxy groups -OCH3 is 3. The van der Waals surface area contributed by atoms with Gasteiger partial charge in [0.25, 0.3) is 11.8 Å². The number of carbonyl (C=O) groups excluding carboxylic acids is 9. The molecule has 0 aromatic heterocycles. The molecule has 36 heteroatoms. The number of nitrogens with one attached hydrogen (secondary N) is 6. The summed E-state index contributed by atoms with van der Waals surface area (Å²) in [4.78, 5) is 131. The number of hydrogen-bond acceptors (Lipinski definition) is 27. The number of aliphatic hydroxyl groups excluding tert-OH is 2. The molecule has 0 spiro atoms. The Labute approximate surface area is 778 Å².